The summed E-state index contributed by atoms with van der Waals surface area (Å²) in [6, 6.07) is 0. The first-order valence-electron chi connectivity index (χ1n) is 6.76. The van der Waals surface area contributed by atoms with Crippen molar-refractivity contribution in [2.75, 3.05) is 0 Å². The third kappa shape index (κ3) is 8.92. The molecule has 1 rings (SSSR count). The molecule has 1 unspecified atom stereocenters. The second kappa shape index (κ2) is 12.0. The minimum absolute atomic E-state index is 0. The summed E-state index contributed by atoms with van der Waals surface area (Å²) in [4.78, 5) is 0. The van der Waals surface area contributed by atoms with Crippen LogP contribution in [0.1, 0.15) is 79.1 Å². The van der Waals surface area contributed by atoms with E-state index in [1.54, 1.807) is 0 Å². The molecule has 94 valence electrons. The predicted octanol–water partition coefficient (Wildman–Crippen LogP) is 4.59. The molecule has 2 N–H and O–H groups in total. The summed E-state index contributed by atoms with van der Waals surface area (Å²) >= 11 is 0. The van der Waals surface area contributed by atoms with Gasteiger partial charge in [0.15, 0.2) is 0 Å². The van der Waals surface area contributed by atoms with Crippen molar-refractivity contribution in [1.29, 1.82) is 0 Å². The van der Waals surface area contributed by atoms with E-state index >= 15 is 0 Å². The lowest BCUT2D eigenvalue weighted by Crippen LogP contribution is -2.05. The molecule has 1 heteroatoms. The van der Waals surface area contributed by atoms with E-state index in [1.807, 2.05) is 0 Å². The molecule has 1 saturated carbocycles. The molecule has 15 heavy (non-hydrogen) atoms. The maximum Gasteiger partial charge on any atom is -0.0389 e. The SMILES string of the molecule is CCC(C)C1CCCC1.CCCCC.O. The Morgan fingerprint density at radius 1 is 1.00 bits per heavy atom. The summed E-state index contributed by atoms with van der Waals surface area (Å²) in [7, 11) is 0. The molecule has 0 heterocycles. The normalized spacial score (nSPS) is 17.6. The summed E-state index contributed by atoms with van der Waals surface area (Å²) < 4.78 is 0. The molecule has 0 aliphatic heterocycles. The molecule has 0 saturated heterocycles. The minimum atomic E-state index is 0. The van der Waals surface area contributed by atoms with Crippen LogP contribution in [-0.2, 0) is 0 Å². The molecule has 1 atom stereocenters. The Morgan fingerprint density at radius 2 is 1.47 bits per heavy atom. The Labute approximate surface area is 97.0 Å². The fraction of sp³-hybridized carbons (Fsp3) is 1.00. The lowest BCUT2D eigenvalue weighted by molar-refractivity contribution is 0.357. The van der Waals surface area contributed by atoms with Crippen LogP contribution in [-0.4, -0.2) is 5.48 Å². The van der Waals surface area contributed by atoms with E-state index in [-0.39, 0.29) is 5.48 Å². The molecule has 0 aromatic carbocycles. The molecule has 0 spiro atoms. The van der Waals surface area contributed by atoms with Gasteiger partial charge in [0, 0.05) is 0 Å². The predicted molar refractivity (Wildman–Crippen MR) is 70.2 cm³/mol. The Hall–Kier alpha value is -0.0400. The first-order valence-corrected chi connectivity index (χ1v) is 6.76. The zero-order valence-electron chi connectivity index (χ0n) is 11.3. The molecule has 0 bridgehead atoms. The van der Waals surface area contributed by atoms with Crippen LogP contribution in [0.4, 0.5) is 0 Å². The Bertz CT molecular complexity index is 104. The topological polar surface area (TPSA) is 31.5 Å². The lowest BCUT2D eigenvalue weighted by Gasteiger charge is -2.15. The third-order valence-corrected chi connectivity index (χ3v) is 3.56. The summed E-state index contributed by atoms with van der Waals surface area (Å²) in [6.45, 7) is 9.13. The largest absolute Gasteiger partial charge is 0.412 e. The van der Waals surface area contributed by atoms with Gasteiger partial charge in [0.05, 0.1) is 0 Å². The van der Waals surface area contributed by atoms with E-state index < -0.39 is 0 Å². The van der Waals surface area contributed by atoms with Crippen LogP contribution in [0.15, 0.2) is 0 Å². The minimum Gasteiger partial charge on any atom is -0.412 e. The fourth-order valence-corrected chi connectivity index (χ4v) is 2.21. The second-order valence-corrected chi connectivity index (χ2v) is 4.78. The molecule has 1 aliphatic rings. The standard InChI is InChI=1S/C9H18.C5H12.H2O/c1-3-8(2)9-6-4-5-7-9;1-3-5-4-2;/h8-9H,3-7H2,1-2H3;3-5H2,1-2H3;1H2. The van der Waals surface area contributed by atoms with Gasteiger partial charge in [-0.2, -0.15) is 0 Å². The number of hydrogen-bond acceptors (Lipinski definition) is 0. The molecule has 0 radical (unpaired) electrons. The first kappa shape index (κ1) is 17.4. The fourth-order valence-electron chi connectivity index (χ4n) is 2.21. The molecule has 1 aliphatic carbocycles. The van der Waals surface area contributed by atoms with Crippen LogP contribution in [0.5, 0.6) is 0 Å². The van der Waals surface area contributed by atoms with E-state index in [9.17, 15) is 0 Å². The summed E-state index contributed by atoms with van der Waals surface area (Å²) in [5.74, 6) is 2.07. The van der Waals surface area contributed by atoms with Crippen molar-refractivity contribution >= 4 is 0 Å². The van der Waals surface area contributed by atoms with Crippen LogP contribution in [0.2, 0.25) is 0 Å². The highest BCUT2D eigenvalue weighted by molar-refractivity contribution is 4.71. The number of hydrogen-bond donors (Lipinski definition) is 0. The van der Waals surface area contributed by atoms with Gasteiger partial charge in [-0.05, 0) is 11.8 Å². The van der Waals surface area contributed by atoms with E-state index in [0.717, 1.165) is 11.8 Å². The van der Waals surface area contributed by atoms with Crippen LogP contribution >= 0.6 is 0 Å². The maximum atomic E-state index is 2.40. The van der Waals surface area contributed by atoms with E-state index in [1.165, 1.54) is 51.4 Å². The van der Waals surface area contributed by atoms with E-state index in [0.29, 0.717) is 0 Å². The Morgan fingerprint density at radius 3 is 1.73 bits per heavy atom. The number of rotatable bonds is 4. The van der Waals surface area contributed by atoms with Crippen LogP contribution in [0, 0.1) is 11.8 Å². The smallest absolute Gasteiger partial charge is 0.0389 e. The molecular formula is C14H32O. The highest BCUT2D eigenvalue weighted by Gasteiger charge is 2.19. The average Bonchev–Trinajstić information content (AvgIpc) is 2.72. The van der Waals surface area contributed by atoms with Gasteiger partial charge in [-0.3, -0.25) is 0 Å². The van der Waals surface area contributed by atoms with Crippen molar-refractivity contribution in [2.24, 2.45) is 11.8 Å². The zero-order valence-corrected chi connectivity index (χ0v) is 11.3. The Kier molecular flexibility index (Phi) is 13.9. The van der Waals surface area contributed by atoms with Crippen molar-refractivity contribution in [1.82, 2.24) is 0 Å². The summed E-state index contributed by atoms with van der Waals surface area (Å²) in [5, 5.41) is 0. The van der Waals surface area contributed by atoms with Gasteiger partial charge in [0.2, 0.25) is 0 Å². The van der Waals surface area contributed by atoms with Gasteiger partial charge in [-0.1, -0.05) is 79.1 Å². The molecular weight excluding hydrogens is 184 g/mol. The van der Waals surface area contributed by atoms with Crippen molar-refractivity contribution in [3.63, 3.8) is 0 Å². The third-order valence-electron chi connectivity index (χ3n) is 3.56. The molecule has 1 fully saturated rings. The molecule has 0 aromatic rings. The highest BCUT2D eigenvalue weighted by Crippen LogP contribution is 2.32. The first-order chi connectivity index (χ1) is 6.76. The monoisotopic (exact) mass is 216 g/mol. The van der Waals surface area contributed by atoms with E-state index in [2.05, 4.69) is 27.7 Å². The number of unbranched alkanes of at least 4 members (excludes halogenated alkanes) is 2. The lowest BCUT2D eigenvalue weighted by atomic mass is 9.91. The highest BCUT2D eigenvalue weighted by atomic mass is 16.0. The van der Waals surface area contributed by atoms with Gasteiger partial charge in [0.1, 0.15) is 0 Å². The second-order valence-electron chi connectivity index (χ2n) is 4.78. The van der Waals surface area contributed by atoms with Crippen molar-refractivity contribution in [3.05, 3.63) is 0 Å². The molecule has 0 amide bonds. The van der Waals surface area contributed by atoms with Gasteiger partial charge >= 0.3 is 0 Å². The summed E-state index contributed by atoms with van der Waals surface area (Å²) in [6.07, 6.45) is 11.5. The van der Waals surface area contributed by atoms with Crippen molar-refractivity contribution in [2.45, 2.75) is 79.1 Å². The van der Waals surface area contributed by atoms with Crippen molar-refractivity contribution < 1.29 is 5.48 Å². The maximum absolute atomic E-state index is 2.40. The van der Waals surface area contributed by atoms with E-state index in [4.69, 9.17) is 0 Å². The van der Waals surface area contributed by atoms with Gasteiger partial charge < -0.3 is 5.48 Å². The van der Waals surface area contributed by atoms with Gasteiger partial charge in [-0.15, -0.1) is 0 Å². The van der Waals surface area contributed by atoms with Gasteiger partial charge in [-0.25, -0.2) is 0 Å². The Balaban J connectivity index is 0. The quantitative estimate of drug-likeness (QED) is 0.658. The molecule has 1 nitrogen and oxygen atoms in total. The van der Waals surface area contributed by atoms with Crippen LogP contribution < -0.4 is 0 Å². The molecule has 0 aromatic heterocycles. The zero-order chi connectivity index (χ0) is 10.8. The van der Waals surface area contributed by atoms with Crippen LogP contribution in [0.3, 0.4) is 0 Å². The van der Waals surface area contributed by atoms with Crippen molar-refractivity contribution in [3.8, 4) is 0 Å². The van der Waals surface area contributed by atoms with Crippen LogP contribution in [0.25, 0.3) is 0 Å². The van der Waals surface area contributed by atoms with Gasteiger partial charge in [0.25, 0.3) is 0 Å². The average molecular weight is 216 g/mol. The summed E-state index contributed by atoms with van der Waals surface area (Å²) in [5.41, 5.74) is 0.